The Morgan fingerprint density at radius 1 is 1.13 bits per heavy atom. The molecule has 1 aliphatic heterocycles. The topological polar surface area (TPSA) is 95.9 Å². The predicted molar refractivity (Wildman–Crippen MR) is 115 cm³/mol. The first-order chi connectivity index (χ1) is 14.9. The van der Waals surface area contributed by atoms with Crippen molar-refractivity contribution in [1.29, 1.82) is 0 Å². The van der Waals surface area contributed by atoms with E-state index in [1.165, 1.54) is 4.90 Å². The average Bonchev–Trinajstić information content (AvgIpc) is 3.16. The third kappa shape index (κ3) is 5.30. The lowest BCUT2D eigenvalue weighted by molar-refractivity contribution is -0.152. The number of esters is 1. The van der Waals surface area contributed by atoms with Crippen molar-refractivity contribution in [2.24, 2.45) is 0 Å². The molecule has 0 fully saturated rings. The summed E-state index contributed by atoms with van der Waals surface area (Å²) in [5.74, 6) is -1.85. The van der Waals surface area contributed by atoms with Crippen LogP contribution in [0.25, 0.3) is 0 Å². The number of rotatable bonds is 9. The molecule has 31 heavy (non-hydrogen) atoms. The van der Waals surface area contributed by atoms with Gasteiger partial charge in [-0.25, -0.2) is 4.79 Å². The molecule has 2 aromatic rings. The predicted octanol–water partition coefficient (Wildman–Crippen LogP) is 2.70. The number of hydrogen-bond donors (Lipinski definition) is 2. The first-order valence-electron chi connectivity index (χ1n) is 10.5. The van der Waals surface area contributed by atoms with Gasteiger partial charge >= 0.3 is 11.9 Å². The summed E-state index contributed by atoms with van der Waals surface area (Å²) in [5.41, 5.74) is 2.53. The summed E-state index contributed by atoms with van der Waals surface area (Å²) in [4.78, 5) is 38.9. The zero-order valence-corrected chi connectivity index (χ0v) is 17.8. The Labute approximate surface area is 182 Å². The van der Waals surface area contributed by atoms with Gasteiger partial charge in [0.2, 0.25) is 5.91 Å². The maximum absolute atomic E-state index is 13.2. The molecule has 1 aliphatic rings. The van der Waals surface area contributed by atoms with Gasteiger partial charge in [-0.15, -0.1) is 0 Å². The Hall–Kier alpha value is -3.19. The SMILES string of the molecule is CCOC(=O)[C@H](CCc1ccccc1)N[C@@H](C)C(=O)N1Cc2ccccc2[C@H]1C(=O)O. The molecule has 0 spiro atoms. The van der Waals surface area contributed by atoms with Gasteiger partial charge in [-0.2, -0.15) is 0 Å². The van der Waals surface area contributed by atoms with E-state index in [2.05, 4.69) is 5.32 Å². The van der Waals surface area contributed by atoms with Gasteiger partial charge in [0.25, 0.3) is 0 Å². The summed E-state index contributed by atoms with van der Waals surface area (Å²) >= 11 is 0. The molecule has 1 amide bonds. The Morgan fingerprint density at radius 3 is 2.48 bits per heavy atom. The van der Waals surface area contributed by atoms with E-state index in [1.807, 2.05) is 42.5 Å². The first kappa shape index (κ1) is 22.5. The van der Waals surface area contributed by atoms with Crippen molar-refractivity contribution in [2.75, 3.05) is 6.61 Å². The van der Waals surface area contributed by atoms with Crippen molar-refractivity contribution in [1.82, 2.24) is 10.2 Å². The van der Waals surface area contributed by atoms with Gasteiger partial charge in [0.05, 0.1) is 12.6 Å². The van der Waals surface area contributed by atoms with Crippen LogP contribution in [-0.4, -0.2) is 46.5 Å². The van der Waals surface area contributed by atoms with Crippen LogP contribution < -0.4 is 5.32 Å². The Morgan fingerprint density at radius 2 is 1.81 bits per heavy atom. The molecule has 0 saturated carbocycles. The van der Waals surface area contributed by atoms with E-state index in [4.69, 9.17) is 4.74 Å². The minimum absolute atomic E-state index is 0.228. The van der Waals surface area contributed by atoms with Gasteiger partial charge in [-0.3, -0.25) is 14.9 Å². The first-order valence-corrected chi connectivity index (χ1v) is 10.5. The number of ether oxygens (including phenoxy) is 1. The summed E-state index contributed by atoms with van der Waals surface area (Å²) in [6, 6.07) is 14.5. The lowest BCUT2D eigenvalue weighted by Crippen LogP contribution is -2.51. The molecule has 7 heteroatoms. The summed E-state index contributed by atoms with van der Waals surface area (Å²) in [6.07, 6.45) is 1.11. The van der Waals surface area contributed by atoms with E-state index in [1.54, 1.807) is 26.0 Å². The Balaban J connectivity index is 1.71. The number of benzene rings is 2. The van der Waals surface area contributed by atoms with Crippen LogP contribution in [0.1, 0.15) is 43.0 Å². The number of aliphatic carboxylic acids is 1. The van der Waals surface area contributed by atoms with Crippen molar-refractivity contribution >= 4 is 17.8 Å². The van der Waals surface area contributed by atoms with Crippen molar-refractivity contribution in [2.45, 2.75) is 51.4 Å². The molecule has 2 aromatic carbocycles. The standard InChI is InChI=1S/C24H28N2O5/c1-3-31-24(30)20(14-13-17-9-5-4-6-10-17)25-16(2)22(27)26-15-18-11-7-8-12-19(18)21(26)23(28)29/h4-12,16,20-21,25H,3,13-15H2,1-2H3,(H,28,29)/t16-,20-,21-/m0/s1. The molecule has 2 N–H and O–H groups in total. The highest BCUT2D eigenvalue weighted by molar-refractivity contribution is 5.89. The fourth-order valence-corrected chi connectivity index (χ4v) is 3.95. The van der Waals surface area contributed by atoms with E-state index in [0.717, 1.165) is 11.1 Å². The van der Waals surface area contributed by atoms with Crippen molar-refractivity contribution < 1.29 is 24.2 Å². The molecule has 0 aliphatic carbocycles. The number of amides is 1. The molecular weight excluding hydrogens is 396 g/mol. The van der Waals surface area contributed by atoms with Crippen LogP contribution in [0.3, 0.4) is 0 Å². The van der Waals surface area contributed by atoms with E-state index in [-0.39, 0.29) is 19.1 Å². The van der Waals surface area contributed by atoms with Gasteiger partial charge in [-0.1, -0.05) is 54.6 Å². The third-order valence-corrected chi connectivity index (χ3v) is 5.48. The molecule has 3 rings (SSSR count). The quantitative estimate of drug-likeness (QED) is 0.601. The van der Waals surface area contributed by atoms with Crippen LogP contribution in [0.15, 0.2) is 54.6 Å². The number of hydrogen-bond acceptors (Lipinski definition) is 5. The van der Waals surface area contributed by atoms with Crippen LogP contribution >= 0.6 is 0 Å². The monoisotopic (exact) mass is 424 g/mol. The number of carboxylic acids is 1. The lowest BCUT2D eigenvalue weighted by atomic mass is 10.0. The van der Waals surface area contributed by atoms with Gasteiger partial charge in [-0.05, 0) is 43.4 Å². The lowest BCUT2D eigenvalue weighted by Gasteiger charge is -2.28. The van der Waals surface area contributed by atoms with Crippen molar-refractivity contribution in [3.8, 4) is 0 Å². The van der Waals surface area contributed by atoms with Crippen LogP contribution in [-0.2, 0) is 32.1 Å². The maximum atomic E-state index is 13.2. The molecule has 0 unspecified atom stereocenters. The van der Waals surface area contributed by atoms with Crippen molar-refractivity contribution in [3.05, 3.63) is 71.3 Å². The van der Waals surface area contributed by atoms with Gasteiger partial charge in [0.15, 0.2) is 6.04 Å². The maximum Gasteiger partial charge on any atom is 0.331 e. The zero-order chi connectivity index (χ0) is 22.4. The molecule has 0 radical (unpaired) electrons. The number of fused-ring (bicyclic) bond motifs is 1. The second-order valence-electron chi connectivity index (χ2n) is 7.62. The van der Waals surface area contributed by atoms with Crippen molar-refractivity contribution in [3.63, 3.8) is 0 Å². The van der Waals surface area contributed by atoms with Gasteiger partial charge < -0.3 is 14.7 Å². The van der Waals surface area contributed by atoms with E-state index >= 15 is 0 Å². The van der Waals surface area contributed by atoms with Crippen LogP contribution in [0.5, 0.6) is 0 Å². The highest BCUT2D eigenvalue weighted by atomic mass is 16.5. The largest absolute Gasteiger partial charge is 0.479 e. The number of nitrogens with one attached hydrogen (secondary N) is 1. The second kappa shape index (κ2) is 10.2. The number of carboxylic acid groups (broad SMARTS) is 1. The molecule has 0 saturated heterocycles. The normalized spacial score (nSPS) is 17.0. The number of aryl methyl sites for hydroxylation is 1. The smallest absolute Gasteiger partial charge is 0.331 e. The summed E-state index contributed by atoms with van der Waals surface area (Å²) in [6.45, 7) is 3.86. The summed E-state index contributed by atoms with van der Waals surface area (Å²) < 4.78 is 5.19. The number of carbonyl (C=O) groups is 3. The summed E-state index contributed by atoms with van der Waals surface area (Å²) in [5, 5.41) is 12.8. The average molecular weight is 424 g/mol. The van der Waals surface area contributed by atoms with Crippen LogP contribution in [0.2, 0.25) is 0 Å². The molecule has 164 valence electrons. The Bertz CT molecular complexity index is 931. The van der Waals surface area contributed by atoms with E-state index < -0.39 is 30.1 Å². The molecule has 7 nitrogen and oxygen atoms in total. The molecule has 1 heterocycles. The fraction of sp³-hybridized carbons (Fsp3) is 0.375. The molecule has 3 atom stereocenters. The third-order valence-electron chi connectivity index (χ3n) is 5.48. The zero-order valence-electron chi connectivity index (χ0n) is 17.8. The van der Waals surface area contributed by atoms with E-state index in [0.29, 0.717) is 18.4 Å². The minimum atomic E-state index is -1.07. The van der Waals surface area contributed by atoms with Gasteiger partial charge in [0.1, 0.15) is 6.04 Å². The Kier molecular flexibility index (Phi) is 7.41. The highest BCUT2D eigenvalue weighted by Gasteiger charge is 2.40. The van der Waals surface area contributed by atoms with Crippen LogP contribution in [0, 0.1) is 0 Å². The summed E-state index contributed by atoms with van der Waals surface area (Å²) in [7, 11) is 0. The molecule has 0 aromatic heterocycles. The molecular formula is C24H28N2O5. The number of nitrogens with zero attached hydrogens (tertiary/aromatic N) is 1. The van der Waals surface area contributed by atoms with Crippen LogP contribution in [0.4, 0.5) is 0 Å². The second-order valence-corrected chi connectivity index (χ2v) is 7.62. The van der Waals surface area contributed by atoms with Gasteiger partial charge in [0, 0.05) is 6.54 Å². The minimum Gasteiger partial charge on any atom is -0.479 e. The highest BCUT2D eigenvalue weighted by Crippen LogP contribution is 2.34. The van der Waals surface area contributed by atoms with E-state index in [9.17, 15) is 19.5 Å². The number of carbonyl (C=O) groups excluding carboxylic acids is 2. The molecule has 0 bridgehead atoms. The fourth-order valence-electron chi connectivity index (χ4n) is 3.95.